The number of allylic oxidation sites excluding steroid dienone is 6. The summed E-state index contributed by atoms with van der Waals surface area (Å²) in [5, 5.41) is 0. The van der Waals surface area contributed by atoms with E-state index in [1.165, 1.54) is 18.4 Å². The lowest BCUT2D eigenvalue weighted by atomic mass is 9.80. The van der Waals surface area contributed by atoms with Crippen molar-refractivity contribution >= 4 is 0 Å². The van der Waals surface area contributed by atoms with Gasteiger partial charge in [-0.3, -0.25) is 0 Å². The van der Waals surface area contributed by atoms with Crippen LogP contribution in [0.2, 0.25) is 0 Å². The van der Waals surface area contributed by atoms with E-state index in [1.807, 2.05) is 0 Å². The van der Waals surface area contributed by atoms with E-state index >= 15 is 0 Å². The van der Waals surface area contributed by atoms with E-state index in [0.29, 0.717) is 5.41 Å². The number of rotatable bonds is 0. The van der Waals surface area contributed by atoms with Crippen molar-refractivity contribution in [2.24, 2.45) is 10.8 Å². The van der Waals surface area contributed by atoms with Crippen molar-refractivity contribution in [2.75, 3.05) is 0 Å². The Bertz CT molecular complexity index is 324. The largest absolute Gasteiger partial charge is 0.0805 e. The van der Waals surface area contributed by atoms with Gasteiger partial charge in [-0.05, 0) is 29.2 Å². The van der Waals surface area contributed by atoms with Crippen LogP contribution in [0.25, 0.3) is 0 Å². The summed E-state index contributed by atoms with van der Waals surface area (Å²) in [6.07, 6.45) is 11.5. The second kappa shape index (κ2) is 4.61. The minimum absolute atomic E-state index is 0.267. The van der Waals surface area contributed by atoms with Gasteiger partial charge in [0, 0.05) is 0 Å². The topological polar surface area (TPSA) is 0 Å². The smallest absolute Gasteiger partial charge is 0.0135 e. The molecule has 16 heavy (non-hydrogen) atoms. The highest BCUT2D eigenvalue weighted by atomic mass is 14.2. The average Bonchev–Trinajstić information content (AvgIpc) is 1.96. The van der Waals surface area contributed by atoms with Crippen molar-refractivity contribution in [3.8, 4) is 0 Å². The zero-order chi connectivity index (χ0) is 12.4. The van der Waals surface area contributed by atoms with Crippen LogP contribution >= 0.6 is 0 Å². The van der Waals surface area contributed by atoms with Crippen molar-refractivity contribution in [1.82, 2.24) is 0 Å². The predicted octanol–water partition coefficient (Wildman–Crippen LogP) is 5.28. The fraction of sp³-hybridized carbons (Fsp3) is 0.625. The Labute approximate surface area is 101 Å². The van der Waals surface area contributed by atoms with Crippen LogP contribution in [0.5, 0.6) is 0 Å². The monoisotopic (exact) mass is 218 g/mol. The van der Waals surface area contributed by atoms with Gasteiger partial charge < -0.3 is 0 Å². The van der Waals surface area contributed by atoms with Gasteiger partial charge in [0.15, 0.2) is 0 Å². The van der Waals surface area contributed by atoms with Crippen LogP contribution < -0.4 is 0 Å². The molecule has 0 amide bonds. The maximum Gasteiger partial charge on any atom is -0.0135 e. The minimum atomic E-state index is 0.267. The Kier molecular flexibility index (Phi) is 3.83. The predicted molar refractivity (Wildman–Crippen MR) is 73.5 cm³/mol. The van der Waals surface area contributed by atoms with E-state index in [-0.39, 0.29) is 5.41 Å². The molecule has 0 aliphatic heterocycles. The van der Waals surface area contributed by atoms with Crippen molar-refractivity contribution in [3.63, 3.8) is 0 Å². The van der Waals surface area contributed by atoms with Gasteiger partial charge in [-0.25, -0.2) is 0 Å². The van der Waals surface area contributed by atoms with Gasteiger partial charge >= 0.3 is 0 Å². The first kappa shape index (κ1) is 13.3. The standard InChI is InChI=1S/C16H26/c1-15(2,3)13-9-7-11-14(12-8-10-13)16(4,5)6/h7,9-11H,8,12H2,1-6H3/b9-7-,13-10+,14-11+. The summed E-state index contributed by atoms with van der Waals surface area (Å²) in [5.41, 5.74) is 3.57. The van der Waals surface area contributed by atoms with Gasteiger partial charge in [-0.2, -0.15) is 0 Å². The molecule has 1 rings (SSSR count). The van der Waals surface area contributed by atoms with Crippen LogP contribution in [0.4, 0.5) is 0 Å². The van der Waals surface area contributed by atoms with E-state index in [4.69, 9.17) is 0 Å². The van der Waals surface area contributed by atoms with Crippen LogP contribution in [-0.2, 0) is 0 Å². The quantitative estimate of drug-likeness (QED) is 0.519. The highest BCUT2D eigenvalue weighted by Gasteiger charge is 2.18. The molecule has 0 radical (unpaired) electrons. The SMILES string of the molecule is CC(C)(C)C1=C/CC\C(C(C)(C)C)=C/C=C\1. The summed E-state index contributed by atoms with van der Waals surface area (Å²) in [5.74, 6) is 0. The molecule has 0 N–H and O–H groups in total. The van der Waals surface area contributed by atoms with Crippen molar-refractivity contribution in [2.45, 2.75) is 54.4 Å². The fourth-order valence-corrected chi connectivity index (χ4v) is 1.98. The van der Waals surface area contributed by atoms with Crippen LogP contribution in [0.3, 0.4) is 0 Å². The molecule has 0 nitrogen and oxygen atoms in total. The Morgan fingerprint density at radius 3 is 2.06 bits per heavy atom. The zero-order valence-electron chi connectivity index (χ0n) is 11.7. The van der Waals surface area contributed by atoms with Crippen LogP contribution in [0.1, 0.15) is 54.4 Å². The molecule has 0 bridgehead atoms. The van der Waals surface area contributed by atoms with Gasteiger partial charge in [0.2, 0.25) is 0 Å². The lowest BCUT2D eigenvalue weighted by Gasteiger charge is -2.25. The van der Waals surface area contributed by atoms with E-state index in [9.17, 15) is 0 Å². The van der Waals surface area contributed by atoms with E-state index < -0.39 is 0 Å². The molecule has 1 aliphatic rings. The molecular weight excluding hydrogens is 192 g/mol. The first-order valence-corrected chi connectivity index (χ1v) is 6.29. The Morgan fingerprint density at radius 1 is 0.938 bits per heavy atom. The molecule has 0 aromatic heterocycles. The Morgan fingerprint density at radius 2 is 1.56 bits per heavy atom. The Hall–Kier alpha value is -0.780. The van der Waals surface area contributed by atoms with E-state index in [1.54, 1.807) is 5.57 Å². The molecule has 0 aromatic carbocycles. The number of hydrogen-bond donors (Lipinski definition) is 0. The summed E-state index contributed by atoms with van der Waals surface area (Å²) in [4.78, 5) is 0. The van der Waals surface area contributed by atoms with Crippen molar-refractivity contribution < 1.29 is 0 Å². The summed E-state index contributed by atoms with van der Waals surface area (Å²) < 4.78 is 0. The van der Waals surface area contributed by atoms with E-state index in [2.05, 4.69) is 65.8 Å². The molecule has 0 spiro atoms. The third-order valence-electron chi connectivity index (χ3n) is 3.18. The minimum Gasteiger partial charge on any atom is -0.0805 e. The second-order valence-corrected chi connectivity index (χ2v) is 6.75. The molecule has 0 aromatic rings. The maximum absolute atomic E-state index is 2.40. The molecule has 0 heterocycles. The third-order valence-corrected chi connectivity index (χ3v) is 3.18. The summed E-state index contributed by atoms with van der Waals surface area (Å²) >= 11 is 0. The molecule has 0 unspecified atom stereocenters. The number of hydrogen-bond acceptors (Lipinski definition) is 0. The first-order valence-electron chi connectivity index (χ1n) is 6.29. The lowest BCUT2D eigenvalue weighted by molar-refractivity contribution is 0.480. The third kappa shape index (κ3) is 3.66. The second-order valence-electron chi connectivity index (χ2n) is 6.75. The van der Waals surface area contributed by atoms with Crippen LogP contribution in [-0.4, -0.2) is 0 Å². The molecule has 0 saturated carbocycles. The first-order chi connectivity index (χ1) is 7.21. The van der Waals surface area contributed by atoms with Gasteiger partial charge in [-0.1, -0.05) is 71.4 Å². The highest BCUT2D eigenvalue weighted by molar-refractivity contribution is 5.31. The summed E-state index contributed by atoms with van der Waals surface area (Å²) in [6, 6.07) is 0. The van der Waals surface area contributed by atoms with Gasteiger partial charge in [0.05, 0.1) is 0 Å². The molecule has 1 aliphatic carbocycles. The van der Waals surface area contributed by atoms with Gasteiger partial charge in [0.1, 0.15) is 0 Å². The van der Waals surface area contributed by atoms with Gasteiger partial charge in [0.25, 0.3) is 0 Å². The maximum atomic E-state index is 2.40. The normalized spacial score (nSPS) is 27.1. The van der Waals surface area contributed by atoms with Crippen LogP contribution in [0.15, 0.2) is 35.5 Å². The molecule has 0 atom stereocenters. The highest BCUT2D eigenvalue weighted by Crippen LogP contribution is 2.33. The van der Waals surface area contributed by atoms with Crippen molar-refractivity contribution in [3.05, 3.63) is 35.5 Å². The molecule has 0 saturated heterocycles. The zero-order valence-corrected chi connectivity index (χ0v) is 11.7. The van der Waals surface area contributed by atoms with Crippen LogP contribution in [0, 0.1) is 10.8 Å². The summed E-state index contributed by atoms with van der Waals surface area (Å²) in [7, 11) is 0. The molecule has 0 heteroatoms. The van der Waals surface area contributed by atoms with Crippen molar-refractivity contribution in [1.29, 1.82) is 0 Å². The summed E-state index contributed by atoms with van der Waals surface area (Å²) in [6.45, 7) is 13.7. The molecular formula is C16H26. The molecule has 90 valence electrons. The van der Waals surface area contributed by atoms with Gasteiger partial charge in [-0.15, -0.1) is 0 Å². The average molecular weight is 218 g/mol. The Balaban J connectivity index is 2.90. The lowest BCUT2D eigenvalue weighted by Crippen LogP contribution is -2.11. The fourth-order valence-electron chi connectivity index (χ4n) is 1.98. The van der Waals surface area contributed by atoms with E-state index in [0.717, 1.165) is 0 Å². The molecule has 0 fully saturated rings.